The third kappa shape index (κ3) is 7.68. The SMILES string of the molecule is Oc1ccc(C2Oc3cc(O)cc(C4C(c5ccc(O)cc5)OC(c5ccc(O)cc5)C4c4cc(O)cc5c4C(c4cc(O)cc(O)c4)C(c4ccc(O)cc4)O5)c3C2c2cc(O)cc(O)c2)cc1. The van der Waals surface area contributed by atoms with Crippen LogP contribution in [0.4, 0.5) is 0 Å². The van der Waals surface area contributed by atoms with Gasteiger partial charge < -0.3 is 65.3 Å². The first-order valence-electron chi connectivity index (χ1n) is 22.2. The first-order chi connectivity index (χ1) is 33.3. The molecule has 10 N–H and O–H groups in total. The summed E-state index contributed by atoms with van der Waals surface area (Å²) < 4.78 is 21.0. The van der Waals surface area contributed by atoms with Crippen molar-refractivity contribution in [2.45, 2.75) is 48.1 Å². The molecule has 0 saturated carbocycles. The van der Waals surface area contributed by atoms with E-state index in [-0.39, 0.29) is 69.0 Å². The Balaban J connectivity index is 1.21. The molecule has 0 spiro atoms. The van der Waals surface area contributed by atoms with Crippen LogP contribution >= 0.6 is 0 Å². The predicted octanol–water partition coefficient (Wildman–Crippen LogP) is 10.7. The first kappa shape index (κ1) is 42.9. The Morgan fingerprint density at radius 3 is 0.841 bits per heavy atom. The van der Waals surface area contributed by atoms with Gasteiger partial charge in [0.05, 0.1) is 24.0 Å². The van der Waals surface area contributed by atoms with Crippen LogP contribution in [0.5, 0.6) is 69.0 Å². The maximum Gasteiger partial charge on any atom is 0.135 e. The molecule has 0 aromatic heterocycles. The summed E-state index contributed by atoms with van der Waals surface area (Å²) in [6.07, 6.45) is -3.42. The largest absolute Gasteiger partial charge is 0.508 e. The van der Waals surface area contributed by atoms with Crippen molar-refractivity contribution in [2.75, 3.05) is 0 Å². The van der Waals surface area contributed by atoms with Crippen molar-refractivity contribution in [1.82, 2.24) is 0 Å². The number of hydrogen-bond donors (Lipinski definition) is 10. The van der Waals surface area contributed by atoms with E-state index < -0.39 is 48.1 Å². The standard InChI is InChI=1S/C56H44O13/c57-33-9-1-27(2-10-33)53-47(31-17-37(61)21-38(62)18-31)49-43(23-41(65)25-45(49)67-53)51-52(56(30-7-15-36(60)16-8-30)69-55(51)29-5-13-35(59)14-6-29)44-24-42(66)26-46-50(44)48(32-19-39(63)22-40(64)20-32)54(68-46)28-3-11-34(58)12-4-28/h1-26,47-48,51-66H. The highest BCUT2D eigenvalue weighted by Crippen LogP contribution is 2.66. The van der Waals surface area contributed by atoms with Crippen LogP contribution in [-0.2, 0) is 4.74 Å². The first-order valence-corrected chi connectivity index (χ1v) is 22.2. The van der Waals surface area contributed by atoms with Gasteiger partial charge in [-0.2, -0.15) is 0 Å². The number of hydrogen-bond acceptors (Lipinski definition) is 13. The molecule has 13 nitrogen and oxygen atoms in total. The molecule has 1 fully saturated rings. The van der Waals surface area contributed by atoms with Gasteiger partial charge >= 0.3 is 0 Å². The summed E-state index contributed by atoms with van der Waals surface area (Å²) in [5.74, 6) is -3.71. The lowest BCUT2D eigenvalue weighted by molar-refractivity contribution is 0.0366. The lowest BCUT2D eigenvalue weighted by Crippen LogP contribution is -2.19. The molecule has 8 unspecified atom stereocenters. The van der Waals surface area contributed by atoms with Gasteiger partial charge in [0, 0.05) is 47.2 Å². The highest BCUT2D eigenvalue weighted by atomic mass is 16.5. The fourth-order valence-corrected chi connectivity index (χ4v) is 10.8. The molecule has 346 valence electrons. The van der Waals surface area contributed by atoms with Crippen LogP contribution in [0.3, 0.4) is 0 Å². The lowest BCUT2D eigenvalue weighted by atomic mass is 9.69. The van der Waals surface area contributed by atoms with E-state index in [1.807, 2.05) is 0 Å². The minimum absolute atomic E-state index is 0.00695. The Labute approximate surface area is 394 Å². The van der Waals surface area contributed by atoms with Crippen molar-refractivity contribution in [1.29, 1.82) is 0 Å². The number of fused-ring (bicyclic) bond motifs is 2. The molecule has 11 rings (SSSR count). The Bertz CT molecular complexity index is 2990. The lowest BCUT2D eigenvalue weighted by Gasteiger charge is -2.31. The number of benzene rings is 8. The summed E-state index contributed by atoms with van der Waals surface area (Å²) in [4.78, 5) is 0. The molecule has 1 saturated heterocycles. The van der Waals surface area contributed by atoms with Gasteiger partial charge in [-0.3, -0.25) is 0 Å². The maximum absolute atomic E-state index is 11.8. The fourth-order valence-electron chi connectivity index (χ4n) is 10.8. The molecule has 0 aliphatic carbocycles. The van der Waals surface area contributed by atoms with Gasteiger partial charge in [-0.05, 0) is 129 Å². The van der Waals surface area contributed by atoms with E-state index in [1.165, 1.54) is 72.8 Å². The van der Waals surface area contributed by atoms with E-state index in [0.29, 0.717) is 55.6 Å². The van der Waals surface area contributed by atoms with Gasteiger partial charge in [0.15, 0.2) is 0 Å². The van der Waals surface area contributed by atoms with Crippen molar-refractivity contribution < 1.29 is 65.3 Å². The zero-order chi connectivity index (χ0) is 47.8. The zero-order valence-corrected chi connectivity index (χ0v) is 36.3. The minimum atomic E-state index is -0.886. The van der Waals surface area contributed by atoms with Crippen LogP contribution in [0, 0.1) is 0 Å². The summed E-state index contributed by atoms with van der Waals surface area (Å²) >= 11 is 0. The second kappa shape index (κ2) is 16.6. The number of rotatable bonds is 8. The Kier molecular flexibility index (Phi) is 10.3. The highest BCUT2D eigenvalue weighted by Gasteiger charge is 2.53. The Hall–Kier alpha value is -8.68. The van der Waals surface area contributed by atoms with E-state index in [4.69, 9.17) is 14.2 Å². The van der Waals surface area contributed by atoms with E-state index in [9.17, 15) is 51.1 Å². The second-order valence-electron chi connectivity index (χ2n) is 17.9. The Morgan fingerprint density at radius 2 is 0.536 bits per heavy atom. The third-order valence-corrected chi connectivity index (χ3v) is 13.6. The summed E-state index contributed by atoms with van der Waals surface area (Å²) in [6.45, 7) is 0. The van der Waals surface area contributed by atoms with Crippen LogP contribution < -0.4 is 9.47 Å². The topological polar surface area (TPSA) is 230 Å². The van der Waals surface area contributed by atoms with E-state index in [2.05, 4.69) is 0 Å². The molecule has 8 atom stereocenters. The van der Waals surface area contributed by atoms with Crippen LogP contribution in [0.1, 0.15) is 104 Å². The summed E-state index contributed by atoms with van der Waals surface area (Å²) in [5, 5.41) is 109. The molecular weight excluding hydrogens is 881 g/mol. The minimum Gasteiger partial charge on any atom is -0.508 e. The van der Waals surface area contributed by atoms with Gasteiger partial charge in [-0.15, -0.1) is 0 Å². The van der Waals surface area contributed by atoms with Crippen molar-refractivity contribution in [2.24, 2.45) is 0 Å². The summed E-state index contributed by atoms with van der Waals surface area (Å²) in [6, 6.07) is 40.9. The number of aromatic hydroxyl groups is 10. The molecule has 3 heterocycles. The van der Waals surface area contributed by atoms with Crippen LogP contribution in [0.25, 0.3) is 0 Å². The van der Waals surface area contributed by atoms with Gasteiger partial charge in [0.25, 0.3) is 0 Å². The van der Waals surface area contributed by atoms with Crippen molar-refractivity contribution in [3.63, 3.8) is 0 Å². The van der Waals surface area contributed by atoms with Crippen LogP contribution in [-0.4, -0.2) is 51.1 Å². The second-order valence-corrected chi connectivity index (χ2v) is 17.9. The average molecular weight is 925 g/mol. The molecule has 0 bridgehead atoms. The Morgan fingerprint density at radius 1 is 0.261 bits per heavy atom. The van der Waals surface area contributed by atoms with Crippen molar-refractivity contribution in [3.8, 4) is 69.0 Å². The van der Waals surface area contributed by atoms with Gasteiger partial charge in [0.1, 0.15) is 81.2 Å². The normalized spacial score (nSPS) is 22.4. The van der Waals surface area contributed by atoms with Crippen LogP contribution in [0.15, 0.2) is 158 Å². The molecule has 3 aliphatic heterocycles. The van der Waals surface area contributed by atoms with Gasteiger partial charge in [-0.25, -0.2) is 0 Å². The number of phenols is 10. The van der Waals surface area contributed by atoms with Crippen molar-refractivity contribution in [3.05, 3.63) is 213 Å². The molecule has 69 heavy (non-hydrogen) atoms. The molecule has 0 amide bonds. The highest BCUT2D eigenvalue weighted by molar-refractivity contribution is 5.63. The maximum atomic E-state index is 11.8. The summed E-state index contributed by atoms with van der Waals surface area (Å²) in [5.41, 5.74) is 5.69. The molecular formula is C56H44O13. The van der Waals surface area contributed by atoms with E-state index >= 15 is 0 Å². The smallest absolute Gasteiger partial charge is 0.135 e. The fraction of sp³-hybridized carbons (Fsp3) is 0.143. The van der Waals surface area contributed by atoms with Gasteiger partial charge in [-0.1, -0.05) is 48.5 Å². The average Bonchev–Trinajstić information content (AvgIpc) is 4.01. The monoisotopic (exact) mass is 924 g/mol. The predicted molar refractivity (Wildman–Crippen MR) is 251 cm³/mol. The van der Waals surface area contributed by atoms with E-state index in [1.54, 1.807) is 84.9 Å². The number of ether oxygens (including phenoxy) is 3. The molecule has 0 radical (unpaired) electrons. The molecule has 8 aromatic carbocycles. The molecule has 8 aromatic rings. The third-order valence-electron chi connectivity index (χ3n) is 13.6. The van der Waals surface area contributed by atoms with Crippen molar-refractivity contribution >= 4 is 0 Å². The quantitative estimate of drug-likeness (QED) is 0.0685. The van der Waals surface area contributed by atoms with E-state index in [0.717, 1.165) is 0 Å². The molecule has 13 heteroatoms. The number of phenolic OH excluding ortho intramolecular Hbond substituents is 10. The zero-order valence-electron chi connectivity index (χ0n) is 36.3. The van der Waals surface area contributed by atoms with Gasteiger partial charge in [0.2, 0.25) is 0 Å². The summed E-state index contributed by atoms with van der Waals surface area (Å²) in [7, 11) is 0. The van der Waals surface area contributed by atoms with Crippen LogP contribution in [0.2, 0.25) is 0 Å². The molecule has 3 aliphatic rings.